The molecule has 4 rings (SSSR count). The SMILES string of the molecule is C[C@H]1CC(=O)C2=C(C1)Nc1nonc1N[C@H]2c1cccnc1. The largest absolute Gasteiger partial charge is 0.353 e. The van der Waals surface area contributed by atoms with E-state index in [2.05, 4.69) is 32.9 Å². The van der Waals surface area contributed by atoms with Crippen LogP contribution in [0.2, 0.25) is 0 Å². The third kappa shape index (κ3) is 2.05. The molecular formula is C15H15N5O2. The predicted molar refractivity (Wildman–Crippen MR) is 79.0 cm³/mol. The van der Waals surface area contributed by atoms with Crippen molar-refractivity contribution < 1.29 is 9.42 Å². The van der Waals surface area contributed by atoms with Crippen LogP contribution in [-0.2, 0) is 4.79 Å². The first-order chi connectivity index (χ1) is 10.7. The summed E-state index contributed by atoms with van der Waals surface area (Å²) in [6.45, 7) is 2.07. The van der Waals surface area contributed by atoms with Crippen LogP contribution < -0.4 is 10.6 Å². The Labute approximate surface area is 126 Å². The van der Waals surface area contributed by atoms with Crippen molar-refractivity contribution in [1.82, 2.24) is 15.3 Å². The van der Waals surface area contributed by atoms with Crippen molar-refractivity contribution in [2.75, 3.05) is 10.6 Å². The van der Waals surface area contributed by atoms with E-state index >= 15 is 0 Å². The fourth-order valence-corrected chi connectivity index (χ4v) is 3.09. The number of aromatic nitrogens is 3. The summed E-state index contributed by atoms with van der Waals surface area (Å²) in [6.07, 6.45) is 4.81. The zero-order valence-electron chi connectivity index (χ0n) is 12.0. The minimum atomic E-state index is -0.302. The molecule has 112 valence electrons. The molecule has 0 amide bonds. The molecule has 22 heavy (non-hydrogen) atoms. The lowest BCUT2D eigenvalue weighted by Gasteiger charge is -2.27. The normalized spacial score (nSPS) is 24.0. The number of nitrogens with zero attached hydrogens (tertiary/aromatic N) is 3. The number of anilines is 2. The monoisotopic (exact) mass is 297 g/mol. The fraction of sp³-hybridized carbons (Fsp3) is 0.333. The summed E-state index contributed by atoms with van der Waals surface area (Å²) in [6, 6.07) is 3.50. The Morgan fingerprint density at radius 3 is 2.95 bits per heavy atom. The average Bonchev–Trinajstić information content (AvgIpc) is 2.87. The van der Waals surface area contributed by atoms with Crippen LogP contribution in [0, 0.1) is 5.92 Å². The van der Waals surface area contributed by atoms with Gasteiger partial charge in [-0.15, -0.1) is 0 Å². The number of hydrogen-bond donors (Lipinski definition) is 2. The van der Waals surface area contributed by atoms with Gasteiger partial charge in [0.1, 0.15) is 0 Å². The highest BCUT2D eigenvalue weighted by molar-refractivity contribution is 6.00. The lowest BCUT2D eigenvalue weighted by atomic mass is 9.82. The molecule has 0 saturated heterocycles. The maximum atomic E-state index is 12.6. The maximum Gasteiger partial charge on any atom is 0.219 e. The van der Waals surface area contributed by atoms with Gasteiger partial charge in [0.2, 0.25) is 11.6 Å². The molecule has 2 aliphatic rings. The number of pyridine rings is 1. The summed E-state index contributed by atoms with van der Waals surface area (Å²) >= 11 is 0. The quantitative estimate of drug-likeness (QED) is 0.834. The Bertz CT molecular complexity index is 752. The molecular weight excluding hydrogens is 282 g/mol. The van der Waals surface area contributed by atoms with E-state index in [0.717, 1.165) is 23.3 Å². The first kappa shape index (κ1) is 13.0. The van der Waals surface area contributed by atoms with Crippen LogP contribution in [0.15, 0.2) is 40.4 Å². The number of hydrogen-bond acceptors (Lipinski definition) is 7. The van der Waals surface area contributed by atoms with E-state index in [-0.39, 0.29) is 11.8 Å². The number of nitrogens with one attached hydrogen (secondary N) is 2. The molecule has 0 aromatic carbocycles. The summed E-state index contributed by atoms with van der Waals surface area (Å²) in [5.74, 6) is 1.46. The Morgan fingerprint density at radius 2 is 2.14 bits per heavy atom. The number of rotatable bonds is 1. The van der Waals surface area contributed by atoms with Crippen LogP contribution in [0.25, 0.3) is 0 Å². The number of fused-ring (bicyclic) bond motifs is 1. The molecule has 3 heterocycles. The van der Waals surface area contributed by atoms with Gasteiger partial charge in [0, 0.05) is 30.1 Å². The van der Waals surface area contributed by atoms with E-state index in [1.54, 1.807) is 12.4 Å². The fourth-order valence-electron chi connectivity index (χ4n) is 3.09. The molecule has 0 unspecified atom stereocenters. The van der Waals surface area contributed by atoms with Crippen LogP contribution in [-0.4, -0.2) is 21.1 Å². The Morgan fingerprint density at radius 1 is 1.27 bits per heavy atom. The van der Waals surface area contributed by atoms with Crippen LogP contribution in [0.3, 0.4) is 0 Å². The molecule has 7 nitrogen and oxygen atoms in total. The van der Waals surface area contributed by atoms with Crippen molar-refractivity contribution in [3.8, 4) is 0 Å². The first-order valence-electron chi connectivity index (χ1n) is 7.24. The zero-order chi connectivity index (χ0) is 15.1. The van der Waals surface area contributed by atoms with Gasteiger partial charge in [0.25, 0.3) is 0 Å². The van der Waals surface area contributed by atoms with Gasteiger partial charge in [-0.05, 0) is 34.3 Å². The molecule has 2 N–H and O–H groups in total. The second-order valence-electron chi connectivity index (χ2n) is 5.78. The van der Waals surface area contributed by atoms with Crippen LogP contribution in [0.5, 0.6) is 0 Å². The molecule has 7 heteroatoms. The molecule has 1 aliphatic heterocycles. The number of allylic oxidation sites excluding steroid dienone is 1. The molecule has 2 atom stereocenters. The van der Waals surface area contributed by atoms with Gasteiger partial charge in [-0.2, -0.15) is 0 Å². The Kier molecular flexibility index (Phi) is 2.92. The van der Waals surface area contributed by atoms with Gasteiger partial charge in [0.05, 0.1) is 6.04 Å². The number of carbonyl (C=O) groups excluding carboxylic acids is 1. The van der Waals surface area contributed by atoms with Crippen molar-refractivity contribution in [3.05, 3.63) is 41.4 Å². The van der Waals surface area contributed by atoms with Crippen molar-refractivity contribution in [1.29, 1.82) is 0 Å². The Hall–Kier alpha value is -2.70. The van der Waals surface area contributed by atoms with Gasteiger partial charge >= 0.3 is 0 Å². The number of ketones is 1. The minimum absolute atomic E-state index is 0.143. The van der Waals surface area contributed by atoms with Crippen LogP contribution >= 0.6 is 0 Å². The lowest BCUT2D eigenvalue weighted by molar-refractivity contribution is -0.117. The van der Waals surface area contributed by atoms with E-state index in [9.17, 15) is 4.79 Å². The molecule has 1 aliphatic carbocycles. The standard InChI is InChI=1S/C15H15N5O2/c1-8-5-10-12(11(21)6-8)13(9-3-2-4-16-7-9)18-15-14(17-10)19-22-20-15/h2-4,7-8,13H,5-6H2,1H3,(H,17,19)(H,18,20)/t8-,13+/m1/s1. The van der Waals surface area contributed by atoms with Gasteiger partial charge < -0.3 is 10.6 Å². The average molecular weight is 297 g/mol. The first-order valence-corrected chi connectivity index (χ1v) is 7.24. The molecule has 2 aromatic rings. The summed E-state index contributed by atoms with van der Waals surface area (Å²) in [5, 5.41) is 14.2. The van der Waals surface area contributed by atoms with E-state index in [1.165, 1.54) is 0 Å². The second-order valence-corrected chi connectivity index (χ2v) is 5.78. The van der Waals surface area contributed by atoms with Crippen LogP contribution in [0.4, 0.5) is 11.6 Å². The highest BCUT2D eigenvalue weighted by Crippen LogP contribution is 2.40. The maximum absolute atomic E-state index is 12.6. The molecule has 2 aromatic heterocycles. The van der Waals surface area contributed by atoms with Crippen molar-refractivity contribution in [2.45, 2.75) is 25.8 Å². The smallest absolute Gasteiger partial charge is 0.219 e. The third-order valence-electron chi connectivity index (χ3n) is 4.06. The van der Waals surface area contributed by atoms with E-state index in [4.69, 9.17) is 4.63 Å². The lowest BCUT2D eigenvalue weighted by Crippen LogP contribution is -2.26. The summed E-state index contributed by atoms with van der Waals surface area (Å²) < 4.78 is 4.79. The summed E-state index contributed by atoms with van der Waals surface area (Å²) in [7, 11) is 0. The van der Waals surface area contributed by atoms with Crippen molar-refractivity contribution in [3.63, 3.8) is 0 Å². The van der Waals surface area contributed by atoms with E-state index < -0.39 is 0 Å². The van der Waals surface area contributed by atoms with Gasteiger partial charge in [0.15, 0.2) is 5.78 Å². The molecule has 0 spiro atoms. The van der Waals surface area contributed by atoms with Gasteiger partial charge in [-0.25, -0.2) is 4.63 Å². The number of Topliss-reactive ketones (excluding diaryl/α,β-unsaturated/α-hetero) is 1. The zero-order valence-corrected chi connectivity index (χ0v) is 12.0. The van der Waals surface area contributed by atoms with Gasteiger partial charge in [-0.3, -0.25) is 9.78 Å². The Balaban J connectivity index is 1.87. The highest BCUT2D eigenvalue weighted by Gasteiger charge is 2.35. The van der Waals surface area contributed by atoms with E-state index in [1.807, 2.05) is 12.1 Å². The third-order valence-corrected chi connectivity index (χ3v) is 4.06. The predicted octanol–water partition coefficient (Wildman–Crippen LogP) is 2.30. The van der Waals surface area contributed by atoms with Gasteiger partial charge in [-0.1, -0.05) is 13.0 Å². The highest BCUT2D eigenvalue weighted by atomic mass is 16.6. The topological polar surface area (TPSA) is 92.9 Å². The van der Waals surface area contributed by atoms with Crippen LogP contribution in [0.1, 0.15) is 31.4 Å². The van der Waals surface area contributed by atoms with E-state index in [0.29, 0.717) is 24.0 Å². The molecule has 0 saturated carbocycles. The molecule has 0 fully saturated rings. The summed E-state index contributed by atoms with van der Waals surface area (Å²) in [5.41, 5.74) is 2.54. The molecule has 0 bridgehead atoms. The molecule has 0 radical (unpaired) electrons. The van der Waals surface area contributed by atoms with Crippen molar-refractivity contribution >= 4 is 17.4 Å². The minimum Gasteiger partial charge on any atom is -0.353 e. The van der Waals surface area contributed by atoms with Crippen molar-refractivity contribution in [2.24, 2.45) is 5.92 Å². The second kappa shape index (κ2) is 4.94. The number of carbonyl (C=O) groups is 1. The summed E-state index contributed by atoms with van der Waals surface area (Å²) in [4.78, 5) is 16.8.